The molecule has 3 nitrogen and oxygen atoms in total. The lowest BCUT2D eigenvalue weighted by molar-refractivity contribution is -0.0349. The summed E-state index contributed by atoms with van der Waals surface area (Å²) < 4.78 is 5.49. The maximum absolute atomic E-state index is 10.1. The van der Waals surface area contributed by atoms with Crippen LogP contribution < -0.4 is 0 Å². The van der Waals surface area contributed by atoms with Gasteiger partial charge in [0.1, 0.15) is 0 Å². The molecule has 1 aliphatic heterocycles. The lowest BCUT2D eigenvalue weighted by atomic mass is 9.90. The fraction of sp³-hybridized carbons (Fsp3) is 0.438. The molecular formula is C16H19NO2. The van der Waals surface area contributed by atoms with Crippen LogP contribution in [-0.2, 0) is 11.2 Å². The predicted octanol–water partition coefficient (Wildman–Crippen LogP) is 2.48. The van der Waals surface area contributed by atoms with Crippen LogP contribution in [-0.4, -0.2) is 29.4 Å². The summed E-state index contributed by atoms with van der Waals surface area (Å²) in [5.74, 6) is 0.193. The van der Waals surface area contributed by atoms with Crippen LogP contribution in [0.3, 0.4) is 0 Å². The van der Waals surface area contributed by atoms with Gasteiger partial charge in [-0.25, -0.2) is 0 Å². The molecule has 0 amide bonds. The largest absolute Gasteiger partial charge is 0.393 e. The van der Waals surface area contributed by atoms with Crippen molar-refractivity contribution in [3.8, 4) is 0 Å². The van der Waals surface area contributed by atoms with Crippen LogP contribution in [0.25, 0.3) is 10.9 Å². The van der Waals surface area contributed by atoms with Gasteiger partial charge in [0, 0.05) is 23.6 Å². The van der Waals surface area contributed by atoms with Crippen LogP contribution in [0, 0.1) is 12.8 Å². The molecule has 3 rings (SSSR count). The highest BCUT2D eigenvalue weighted by Gasteiger charge is 2.24. The smallest absolute Gasteiger partial charge is 0.0707 e. The summed E-state index contributed by atoms with van der Waals surface area (Å²) in [4.78, 5) is 4.55. The van der Waals surface area contributed by atoms with E-state index in [2.05, 4.69) is 17.1 Å². The summed E-state index contributed by atoms with van der Waals surface area (Å²) in [6.45, 7) is 3.34. The van der Waals surface area contributed by atoms with Gasteiger partial charge < -0.3 is 9.84 Å². The van der Waals surface area contributed by atoms with Gasteiger partial charge in [-0.1, -0.05) is 18.2 Å². The summed E-state index contributed by atoms with van der Waals surface area (Å²) in [6, 6.07) is 10.3. The molecule has 1 aromatic carbocycles. The molecule has 100 valence electrons. The first kappa shape index (κ1) is 12.6. The molecule has 2 unspecified atom stereocenters. The normalized spacial score (nSPS) is 23.7. The zero-order chi connectivity index (χ0) is 13.2. The minimum absolute atomic E-state index is 0.193. The third-order valence-electron chi connectivity index (χ3n) is 3.85. The van der Waals surface area contributed by atoms with E-state index >= 15 is 0 Å². The molecule has 2 aromatic rings. The number of benzene rings is 1. The van der Waals surface area contributed by atoms with Gasteiger partial charge in [-0.05, 0) is 37.5 Å². The number of aliphatic hydroxyl groups excluding tert-OH is 1. The Labute approximate surface area is 113 Å². The van der Waals surface area contributed by atoms with Gasteiger partial charge in [-0.3, -0.25) is 4.98 Å². The number of rotatable bonds is 2. The van der Waals surface area contributed by atoms with E-state index in [9.17, 15) is 5.11 Å². The minimum Gasteiger partial charge on any atom is -0.393 e. The minimum atomic E-state index is -0.249. The summed E-state index contributed by atoms with van der Waals surface area (Å²) in [5, 5.41) is 11.3. The number of fused-ring (bicyclic) bond motifs is 1. The lowest BCUT2D eigenvalue weighted by Gasteiger charge is -2.28. The molecular weight excluding hydrogens is 238 g/mol. The van der Waals surface area contributed by atoms with Crippen LogP contribution in [0.1, 0.15) is 17.7 Å². The number of aliphatic hydroxyl groups is 1. The van der Waals surface area contributed by atoms with E-state index in [-0.39, 0.29) is 12.0 Å². The molecule has 1 saturated heterocycles. The quantitative estimate of drug-likeness (QED) is 0.898. The Morgan fingerprint density at radius 3 is 3.05 bits per heavy atom. The molecule has 2 heterocycles. The Hall–Kier alpha value is -1.45. The second-order valence-electron chi connectivity index (χ2n) is 5.34. The fourth-order valence-electron chi connectivity index (χ4n) is 2.83. The summed E-state index contributed by atoms with van der Waals surface area (Å²) in [6.07, 6.45) is 1.35. The van der Waals surface area contributed by atoms with Gasteiger partial charge in [0.05, 0.1) is 18.2 Å². The van der Waals surface area contributed by atoms with E-state index < -0.39 is 0 Å². The summed E-state index contributed by atoms with van der Waals surface area (Å²) >= 11 is 0. The highest BCUT2D eigenvalue weighted by molar-refractivity contribution is 5.82. The van der Waals surface area contributed by atoms with Gasteiger partial charge in [0.2, 0.25) is 0 Å². The van der Waals surface area contributed by atoms with Crippen molar-refractivity contribution in [3.05, 3.63) is 41.6 Å². The highest BCUT2D eigenvalue weighted by atomic mass is 16.5. The van der Waals surface area contributed by atoms with E-state index in [4.69, 9.17) is 4.74 Å². The monoisotopic (exact) mass is 257 g/mol. The third-order valence-corrected chi connectivity index (χ3v) is 3.85. The average molecular weight is 257 g/mol. The van der Waals surface area contributed by atoms with Crippen molar-refractivity contribution in [3.63, 3.8) is 0 Å². The first-order chi connectivity index (χ1) is 9.24. The van der Waals surface area contributed by atoms with Gasteiger partial charge in [0.15, 0.2) is 0 Å². The standard InChI is InChI=1S/C16H19NO2/c1-11-8-12(9-13-10-19-7-6-16(13)18)14-4-2-3-5-15(14)17-11/h2-5,8,13,16,18H,6-7,9-10H2,1H3. The molecule has 1 fully saturated rings. The topological polar surface area (TPSA) is 42.4 Å². The molecule has 0 radical (unpaired) electrons. The van der Waals surface area contributed by atoms with Gasteiger partial charge in [0.25, 0.3) is 0 Å². The van der Waals surface area contributed by atoms with Crippen molar-refractivity contribution in [2.45, 2.75) is 25.9 Å². The van der Waals surface area contributed by atoms with Crippen molar-refractivity contribution < 1.29 is 9.84 Å². The van der Waals surface area contributed by atoms with E-state index in [1.807, 2.05) is 25.1 Å². The zero-order valence-electron chi connectivity index (χ0n) is 11.2. The molecule has 0 aliphatic carbocycles. The second-order valence-corrected chi connectivity index (χ2v) is 5.34. The number of ether oxygens (including phenoxy) is 1. The average Bonchev–Trinajstić information content (AvgIpc) is 2.41. The Bertz CT molecular complexity index is 582. The number of aryl methyl sites for hydroxylation is 1. The second kappa shape index (κ2) is 5.27. The molecule has 1 N–H and O–H groups in total. The molecule has 3 heteroatoms. The van der Waals surface area contributed by atoms with Crippen molar-refractivity contribution in [2.24, 2.45) is 5.92 Å². The van der Waals surface area contributed by atoms with Crippen molar-refractivity contribution in [2.75, 3.05) is 13.2 Å². The number of aromatic nitrogens is 1. The Kier molecular flexibility index (Phi) is 3.49. The van der Waals surface area contributed by atoms with Crippen molar-refractivity contribution in [1.82, 2.24) is 4.98 Å². The van der Waals surface area contributed by atoms with E-state index in [0.29, 0.717) is 13.2 Å². The van der Waals surface area contributed by atoms with E-state index in [1.54, 1.807) is 0 Å². The number of hydrogen-bond acceptors (Lipinski definition) is 3. The maximum Gasteiger partial charge on any atom is 0.0707 e. The van der Waals surface area contributed by atoms with Crippen LogP contribution in [0.2, 0.25) is 0 Å². The Balaban J connectivity index is 1.95. The molecule has 0 bridgehead atoms. The summed E-state index contributed by atoms with van der Waals surface area (Å²) in [7, 11) is 0. The number of nitrogens with zero attached hydrogens (tertiary/aromatic N) is 1. The SMILES string of the molecule is Cc1cc(CC2COCCC2O)c2ccccc2n1. The highest BCUT2D eigenvalue weighted by Crippen LogP contribution is 2.25. The van der Waals surface area contributed by atoms with Crippen LogP contribution in [0.4, 0.5) is 0 Å². The Morgan fingerprint density at radius 2 is 2.21 bits per heavy atom. The van der Waals surface area contributed by atoms with Gasteiger partial charge >= 0.3 is 0 Å². The van der Waals surface area contributed by atoms with Crippen LogP contribution >= 0.6 is 0 Å². The number of para-hydroxylation sites is 1. The predicted molar refractivity (Wildman–Crippen MR) is 75.1 cm³/mol. The lowest BCUT2D eigenvalue weighted by Crippen LogP contribution is -2.33. The first-order valence-corrected chi connectivity index (χ1v) is 6.85. The number of hydrogen-bond donors (Lipinski definition) is 1. The first-order valence-electron chi connectivity index (χ1n) is 6.85. The molecule has 1 aromatic heterocycles. The van der Waals surface area contributed by atoms with Crippen LogP contribution in [0.15, 0.2) is 30.3 Å². The van der Waals surface area contributed by atoms with E-state index in [0.717, 1.165) is 24.1 Å². The molecule has 19 heavy (non-hydrogen) atoms. The fourth-order valence-corrected chi connectivity index (χ4v) is 2.83. The maximum atomic E-state index is 10.1. The van der Waals surface area contributed by atoms with Gasteiger partial charge in [-0.15, -0.1) is 0 Å². The molecule has 0 spiro atoms. The Morgan fingerprint density at radius 1 is 1.37 bits per heavy atom. The molecule has 1 aliphatic rings. The van der Waals surface area contributed by atoms with Gasteiger partial charge in [-0.2, -0.15) is 0 Å². The van der Waals surface area contributed by atoms with Crippen molar-refractivity contribution in [1.29, 1.82) is 0 Å². The molecule has 0 saturated carbocycles. The molecule has 2 atom stereocenters. The van der Waals surface area contributed by atoms with Crippen LogP contribution in [0.5, 0.6) is 0 Å². The number of pyridine rings is 1. The van der Waals surface area contributed by atoms with Crippen molar-refractivity contribution >= 4 is 10.9 Å². The summed E-state index contributed by atoms with van der Waals surface area (Å²) in [5.41, 5.74) is 3.32. The van der Waals surface area contributed by atoms with E-state index in [1.165, 1.54) is 10.9 Å². The zero-order valence-corrected chi connectivity index (χ0v) is 11.2. The third kappa shape index (κ3) is 2.62.